The van der Waals surface area contributed by atoms with Gasteiger partial charge in [0.2, 0.25) is 16.9 Å². The van der Waals surface area contributed by atoms with Crippen LogP contribution in [0.2, 0.25) is 0 Å². The van der Waals surface area contributed by atoms with Crippen LogP contribution in [0.4, 0.5) is 10.8 Å². The molecule has 0 aliphatic rings. The van der Waals surface area contributed by atoms with Gasteiger partial charge in [0.1, 0.15) is 0 Å². The highest BCUT2D eigenvalue weighted by Gasteiger charge is 2.18. The van der Waals surface area contributed by atoms with E-state index in [4.69, 9.17) is 4.42 Å². The van der Waals surface area contributed by atoms with Gasteiger partial charge in [-0.05, 0) is 44.5 Å². The summed E-state index contributed by atoms with van der Waals surface area (Å²) in [6.07, 6.45) is 0. The first-order valence-electron chi connectivity index (χ1n) is 8.82. The second-order valence-electron chi connectivity index (χ2n) is 6.39. The maximum absolute atomic E-state index is 5.83. The molecule has 1 atom stereocenters. The van der Waals surface area contributed by atoms with E-state index >= 15 is 0 Å². The number of nitrogens with one attached hydrogen (secondary N) is 1. The zero-order chi connectivity index (χ0) is 19.5. The van der Waals surface area contributed by atoms with Gasteiger partial charge in [0.15, 0.2) is 4.34 Å². The highest BCUT2D eigenvalue weighted by molar-refractivity contribution is 8.01. The van der Waals surface area contributed by atoms with Crippen molar-refractivity contribution in [1.29, 1.82) is 0 Å². The molecule has 0 saturated heterocycles. The highest BCUT2D eigenvalue weighted by atomic mass is 32.2. The van der Waals surface area contributed by atoms with Crippen LogP contribution >= 0.6 is 23.1 Å². The first-order valence-corrected chi connectivity index (χ1v) is 10.5. The molecule has 0 amide bonds. The van der Waals surface area contributed by atoms with Crippen molar-refractivity contribution in [2.24, 2.45) is 0 Å². The minimum atomic E-state index is -0.0214. The summed E-state index contributed by atoms with van der Waals surface area (Å²) in [5, 5.41) is 20.9. The van der Waals surface area contributed by atoms with Gasteiger partial charge in [-0.1, -0.05) is 59.0 Å². The molecule has 4 aromatic rings. The molecule has 142 valence electrons. The molecule has 2 heterocycles. The molecule has 6 nitrogen and oxygen atoms in total. The maximum atomic E-state index is 5.83. The first-order chi connectivity index (χ1) is 13.6. The Bertz CT molecular complexity index is 1080. The van der Waals surface area contributed by atoms with E-state index in [0.29, 0.717) is 11.8 Å². The van der Waals surface area contributed by atoms with Crippen LogP contribution < -0.4 is 5.32 Å². The first kappa shape index (κ1) is 18.6. The second kappa shape index (κ2) is 8.12. The lowest BCUT2D eigenvalue weighted by molar-refractivity contribution is 0.509. The molecule has 1 N–H and O–H groups in total. The van der Waals surface area contributed by atoms with Gasteiger partial charge in [0.25, 0.3) is 0 Å². The van der Waals surface area contributed by atoms with Gasteiger partial charge in [0.05, 0.1) is 5.25 Å². The Morgan fingerprint density at radius 3 is 2.61 bits per heavy atom. The van der Waals surface area contributed by atoms with Crippen LogP contribution in [0.15, 0.2) is 57.3 Å². The number of hydrogen-bond donors (Lipinski definition) is 1. The summed E-state index contributed by atoms with van der Waals surface area (Å²) in [6, 6.07) is 16.0. The van der Waals surface area contributed by atoms with Crippen LogP contribution in [-0.2, 0) is 0 Å². The van der Waals surface area contributed by atoms with Gasteiger partial charge in [-0.2, -0.15) is 0 Å². The minimum absolute atomic E-state index is 0.0214. The fourth-order valence-corrected chi connectivity index (χ4v) is 4.61. The second-order valence-corrected chi connectivity index (χ2v) is 8.95. The summed E-state index contributed by atoms with van der Waals surface area (Å²) in [5.74, 6) is 1.10. The normalized spacial score (nSPS) is 12.1. The van der Waals surface area contributed by atoms with Gasteiger partial charge >= 0.3 is 0 Å². The molecule has 0 fully saturated rings. The lowest BCUT2D eigenvalue weighted by atomic mass is 10.1. The van der Waals surface area contributed by atoms with Gasteiger partial charge in [0, 0.05) is 11.3 Å². The van der Waals surface area contributed by atoms with E-state index in [1.54, 1.807) is 11.8 Å². The number of thioether (sulfide) groups is 1. The van der Waals surface area contributed by atoms with E-state index < -0.39 is 0 Å². The van der Waals surface area contributed by atoms with Crippen molar-refractivity contribution in [2.45, 2.75) is 30.4 Å². The predicted molar refractivity (Wildman–Crippen MR) is 113 cm³/mol. The van der Waals surface area contributed by atoms with E-state index in [9.17, 15) is 0 Å². The van der Waals surface area contributed by atoms with E-state index in [1.807, 2.05) is 37.3 Å². The van der Waals surface area contributed by atoms with E-state index in [2.05, 4.69) is 57.8 Å². The molecule has 0 aliphatic heterocycles. The van der Waals surface area contributed by atoms with Crippen LogP contribution in [-0.4, -0.2) is 20.4 Å². The maximum Gasteiger partial charge on any atom is 0.247 e. The summed E-state index contributed by atoms with van der Waals surface area (Å²) in [4.78, 5) is 0. The number of rotatable bonds is 6. The quantitative estimate of drug-likeness (QED) is 0.403. The van der Waals surface area contributed by atoms with Gasteiger partial charge < -0.3 is 9.73 Å². The van der Waals surface area contributed by atoms with Crippen molar-refractivity contribution >= 4 is 33.9 Å². The van der Waals surface area contributed by atoms with Crippen molar-refractivity contribution in [3.63, 3.8) is 0 Å². The largest absolute Gasteiger partial charge is 0.419 e. The van der Waals surface area contributed by atoms with Crippen molar-refractivity contribution < 1.29 is 4.42 Å². The van der Waals surface area contributed by atoms with Crippen molar-refractivity contribution in [2.75, 3.05) is 5.32 Å². The smallest absolute Gasteiger partial charge is 0.247 e. The highest BCUT2D eigenvalue weighted by Crippen LogP contribution is 2.38. The third kappa shape index (κ3) is 4.23. The lowest BCUT2D eigenvalue weighted by Crippen LogP contribution is -1.92. The number of hydrogen-bond acceptors (Lipinski definition) is 8. The fraction of sp³-hybridized carbons (Fsp3) is 0.200. The molecule has 2 aromatic heterocycles. The zero-order valence-corrected chi connectivity index (χ0v) is 17.3. The topological polar surface area (TPSA) is 76.7 Å². The average Bonchev–Trinajstić information content (AvgIpc) is 3.35. The Hall–Kier alpha value is -2.71. The predicted octanol–water partition coefficient (Wildman–Crippen LogP) is 5.80. The Balaban J connectivity index is 1.43. The van der Waals surface area contributed by atoms with Crippen molar-refractivity contribution in [3.05, 3.63) is 65.5 Å². The summed E-state index contributed by atoms with van der Waals surface area (Å²) < 4.78 is 6.68. The summed E-state index contributed by atoms with van der Waals surface area (Å²) in [6.45, 7) is 6.18. The molecule has 2 aromatic carbocycles. The summed E-state index contributed by atoms with van der Waals surface area (Å²) in [5.41, 5.74) is 4.36. The van der Waals surface area contributed by atoms with Crippen molar-refractivity contribution in [1.82, 2.24) is 20.4 Å². The number of anilines is 2. The van der Waals surface area contributed by atoms with Gasteiger partial charge in [-0.3, -0.25) is 0 Å². The van der Waals surface area contributed by atoms with Gasteiger partial charge in [-0.15, -0.1) is 20.4 Å². The lowest BCUT2D eigenvalue weighted by Gasteiger charge is -2.06. The zero-order valence-electron chi connectivity index (χ0n) is 15.7. The number of benzene rings is 2. The SMILES string of the molecule is Cc1ccc(Nc2nnc(SC(C)c3nnc(-c4ccccc4)o3)s2)c(C)c1. The molecule has 8 heteroatoms. The third-order valence-corrected chi connectivity index (χ3v) is 6.13. The molecular weight excluding hydrogens is 390 g/mol. The summed E-state index contributed by atoms with van der Waals surface area (Å²) in [7, 11) is 0. The molecule has 0 radical (unpaired) electrons. The van der Waals surface area contributed by atoms with E-state index in [1.165, 1.54) is 22.5 Å². The molecular formula is C20H19N5OS2. The molecule has 0 spiro atoms. The van der Waals surface area contributed by atoms with E-state index in [0.717, 1.165) is 20.7 Å². The Labute approximate surface area is 171 Å². The molecule has 28 heavy (non-hydrogen) atoms. The molecule has 0 bridgehead atoms. The minimum Gasteiger partial charge on any atom is -0.419 e. The van der Waals surface area contributed by atoms with Crippen molar-refractivity contribution in [3.8, 4) is 11.5 Å². The van der Waals surface area contributed by atoms with Crippen LogP contribution in [0.1, 0.15) is 29.2 Å². The van der Waals surface area contributed by atoms with Crippen LogP contribution in [0.3, 0.4) is 0 Å². The molecule has 0 aliphatic carbocycles. The molecule has 0 saturated carbocycles. The van der Waals surface area contributed by atoms with Crippen LogP contribution in [0, 0.1) is 13.8 Å². The third-order valence-electron chi connectivity index (χ3n) is 4.12. The Kier molecular flexibility index (Phi) is 5.40. The Morgan fingerprint density at radius 2 is 1.82 bits per heavy atom. The monoisotopic (exact) mass is 409 g/mol. The number of aryl methyl sites for hydroxylation is 2. The van der Waals surface area contributed by atoms with E-state index in [-0.39, 0.29) is 5.25 Å². The van der Waals surface area contributed by atoms with Gasteiger partial charge in [-0.25, -0.2) is 0 Å². The standard InChI is InChI=1S/C20H19N5OS2/c1-12-9-10-16(13(2)11-12)21-19-24-25-20(28-19)27-14(3)17-22-23-18(26-17)15-7-5-4-6-8-15/h4-11,14H,1-3H3,(H,21,24). The van der Waals surface area contributed by atoms with Crippen LogP contribution in [0.25, 0.3) is 11.5 Å². The fourth-order valence-electron chi connectivity index (χ4n) is 2.67. The average molecular weight is 410 g/mol. The molecule has 1 unspecified atom stereocenters. The molecule has 4 rings (SSSR count). The number of aromatic nitrogens is 4. The summed E-state index contributed by atoms with van der Waals surface area (Å²) >= 11 is 3.06. The van der Waals surface area contributed by atoms with Crippen LogP contribution in [0.5, 0.6) is 0 Å². The Morgan fingerprint density at radius 1 is 1.00 bits per heavy atom. The number of nitrogens with zero attached hydrogens (tertiary/aromatic N) is 4.